The standard InChI is InChI=1S/C25H26N4O5S/c1-34-25(31)22(14-19-16-27-21-8-4-3-7-20(19)21)28-24(30)17-10-12-29(13-11-17)35(32,33)23-9-5-2-6-18(23)15-26/h2-9,16-17,22,27H,10-14H2,1H3,(H,28,30)/t22-/m1/s1. The number of esters is 1. The number of ether oxygens (including phenoxy) is 1. The minimum atomic E-state index is -3.85. The van der Waals surface area contributed by atoms with Gasteiger partial charge in [0.15, 0.2) is 0 Å². The number of H-pyrrole nitrogens is 1. The number of hydrogen-bond donors (Lipinski definition) is 2. The minimum Gasteiger partial charge on any atom is -0.467 e. The number of nitriles is 1. The second kappa shape index (κ2) is 10.3. The zero-order valence-corrected chi connectivity index (χ0v) is 20.0. The molecule has 1 aromatic heterocycles. The average Bonchev–Trinajstić information content (AvgIpc) is 3.30. The lowest BCUT2D eigenvalue weighted by Crippen LogP contribution is -2.48. The molecule has 0 aliphatic carbocycles. The summed E-state index contributed by atoms with van der Waals surface area (Å²) in [5.41, 5.74) is 1.91. The minimum absolute atomic E-state index is 0.0325. The van der Waals surface area contributed by atoms with Crippen LogP contribution in [0, 0.1) is 17.2 Å². The Labute approximate surface area is 203 Å². The molecule has 2 N–H and O–H groups in total. The van der Waals surface area contributed by atoms with Crippen LogP contribution < -0.4 is 5.32 Å². The number of aromatic nitrogens is 1. The van der Waals surface area contributed by atoms with E-state index < -0.39 is 28.0 Å². The summed E-state index contributed by atoms with van der Waals surface area (Å²) in [4.78, 5) is 28.6. The van der Waals surface area contributed by atoms with Gasteiger partial charge in [-0.3, -0.25) is 4.79 Å². The molecule has 182 valence electrons. The maximum Gasteiger partial charge on any atom is 0.328 e. The Morgan fingerprint density at radius 1 is 1.17 bits per heavy atom. The number of piperidine rings is 1. The van der Waals surface area contributed by atoms with Crippen LogP contribution in [-0.2, 0) is 30.8 Å². The first-order valence-corrected chi connectivity index (χ1v) is 12.7. The predicted octanol–water partition coefficient (Wildman–Crippen LogP) is 2.34. The van der Waals surface area contributed by atoms with Crippen molar-refractivity contribution in [3.8, 4) is 6.07 Å². The molecule has 10 heteroatoms. The van der Waals surface area contributed by atoms with Gasteiger partial charge < -0.3 is 15.0 Å². The molecule has 0 spiro atoms. The van der Waals surface area contributed by atoms with E-state index in [-0.39, 0.29) is 35.9 Å². The van der Waals surface area contributed by atoms with Gasteiger partial charge in [-0.25, -0.2) is 13.2 Å². The predicted molar refractivity (Wildman–Crippen MR) is 129 cm³/mol. The fourth-order valence-corrected chi connectivity index (χ4v) is 6.04. The number of carbonyl (C=O) groups excluding carboxylic acids is 2. The van der Waals surface area contributed by atoms with Gasteiger partial charge in [0.25, 0.3) is 0 Å². The molecule has 9 nitrogen and oxygen atoms in total. The van der Waals surface area contributed by atoms with Gasteiger partial charge in [0.05, 0.1) is 17.6 Å². The van der Waals surface area contributed by atoms with Gasteiger partial charge in [-0.15, -0.1) is 0 Å². The van der Waals surface area contributed by atoms with Crippen LogP contribution in [0.3, 0.4) is 0 Å². The number of amides is 1. The molecule has 3 aromatic rings. The van der Waals surface area contributed by atoms with Crippen molar-refractivity contribution < 1.29 is 22.7 Å². The van der Waals surface area contributed by atoms with Crippen molar-refractivity contribution in [3.63, 3.8) is 0 Å². The maximum atomic E-state index is 13.0. The van der Waals surface area contributed by atoms with Crippen LogP contribution in [0.15, 0.2) is 59.6 Å². The highest BCUT2D eigenvalue weighted by Crippen LogP contribution is 2.26. The second-order valence-electron chi connectivity index (χ2n) is 8.43. The maximum absolute atomic E-state index is 13.0. The summed E-state index contributed by atoms with van der Waals surface area (Å²) in [6.45, 7) is 0.289. The Kier molecular flexibility index (Phi) is 7.19. The molecule has 35 heavy (non-hydrogen) atoms. The van der Waals surface area contributed by atoms with Crippen molar-refractivity contribution in [3.05, 3.63) is 65.9 Å². The van der Waals surface area contributed by atoms with Gasteiger partial charge in [0.1, 0.15) is 12.1 Å². The van der Waals surface area contributed by atoms with Crippen LogP contribution in [0.25, 0.3) is 10.9 Å². The molecule has 1 atom stereocenters. The van der Waals surface area contributed by atoms with Crippen molar-refractivity contribution >= 4 is 32.8 Å². The van der Waals surface area contributed by atoms with Crippen LogP contribution in [-0.4, -0.2) is 55.8 Å². The highest BCUT2D eigenvalue weighted by atomic mass is 32.2. The third-order valence-corrected chi connectivity index (χ3v) is 8.31. The Morgan fingerprint density at radius 3 is 2.57 bits per heavy atom. The van der Waals surface area contributed by atoms with Gasteiger partial charge in [-0.2, -0.15) is 9.57 Å². The van der Waals surface area contributed by atoms with E-state index in [1.807, 2.05) is 36.5 Å². The molecule has 1 aliphatic heterocycles. The number of benzene rings is 2. The molecule has 0 saturated carbocycles. The van der Waals surface area contributed by atoms with E-state index in [1.54, 1.807) is 12.1 Å². The lowest BCUT2D eigenvalue weighted by Gasteiger charge is -2.31. The van der Waals surface area contributed by atoms with Gasteiger partial charge in [0.2, 0.25) is 15.9 Å². The number of hydrogen-bond acceptors (Lipinski definition) is 6. The number of nitrogens with one attached hydrogen (secondary N) is 2. The molecule has 0 radical (unpaired) electrons. The van der Waals surface area contributed by atoms with Gasteiger partial charge in [-0.1, -0.05) is 30.3 Å². The molecule has 1 saturated heterocycles. The highest BCUT2D eigenvalue weighted by molar-refractivity contribution is 7.89. The fraction of sp³-hybridized carbons (Fsp3) is 0.320. The summed E-state index contributed by atoms with van der Waals surface area (Å²) in [5, 5.41) is 13.0. The smallest absolute Gasteiger partial charge is 0.328 e. The Hall–Kier alpha value is -3.68. The van der Waals surface area contributed by atoms with Gasteiger partial charge in [-0.05, 0) is 36.6 Å². The third-order valence-electron chi connectivity index (χ3n) is 6.35. The van der Waals surface area contributed by atoms with E-state index in [0.29, 0.717) is 12.8 Å². The number of aromatic amines is 1. The number of carbonyl (C=O) groups is 2. The van der Waals surface area contributed by atoms with Crippen molar-refractivity contribution in [1.29, 1.82) is 5.26 Å². The number of nitrogens with zero attached hydrogens (tertiary/aromatic N) is 2. The Morgan fingerprint density at radius 2 is 1.86 bits per heavy atom. The summed E-state index contributed by atoms with van der Waals surface area (Å²) < 4.78 is 32.3. The van der Waals surface area contributed by atoms with E-state index in [9.17, 15) is 23.3 Å². The fourth-order valence-electron chi connectivity index (χ4n) is 4.43. The summed E-state index contributed by atoms with van der Waals surface area (Å²) >= 11 is 0. The van der Waals surface area contributed by atoms with Gasteiger partial charge >= 0.3 is 5.97 Å². The lowest BCUT2D eigenvalue weighted by molar-refractivity contribution is -0.145. The van der Waals surface area contributed by atoms with Crippen molar-refractivity contribution in [2.24, 2.45) is 5.92 Å². The first-order valence-electron chi connectivity index (χ1n) is 11.3. The van der Waals surface area contributed by atoms with E-state index in [2.05, 4.69) is 10.3 Å². The Balaban J connectivity index is 1.42. The first kappa shape index (κ1) is 24.4. The molecule has 4 rings (SSSR count). The Bertz CT molecular complexity index is 1380. The summed E-state index contributed by atoms with van der Waals surface area (Å²) in [6, 6.07) is 14.8. The number of methoxy groups -OCH3 is 1. The summed E-state index contributed by atoms with van der Waals surface area (Å²) in [5.74, 6) is -1.30. The van der Waals surface area contributed by atoms with E-state index in [0.717, 1.165) is 16.5 Å². The molecule has 2 heterocycles. The molecule has 1 aliphatic rings. The van der Waals surface area contributed by atoms with Crippen LogP contribution >= 0.6 is 0 Å². The normalized spacial score (nSPS) is 15.9. The van der Waals surface area contributed by atoms with Crippen molar-refractivity contribution in [2.45, 2.75) is 30.2 Å². The zero-order valence-electron chi connectivity index (χ0n) is 19.2. The van der Waals surface area contributed by atoms with Crippen LogP contribution in [0.4, 0.5) is 0 Å². The van der Waals surface area contributed by atoms with Crippen molar-refractivity contribution in [1.82, 2.24) is 14.6 Å². The average molecular weight is 495 g/mol. The number of rotatable bonds is 7. The highest BCUT2D eigenvalue weighted by Gasteiger charge is 2.34. The molecule has 1 amide bonds. The molecule has 0 bridgehead atoms. The van der Waals surface area contributed by atoms with E-state index in [4.69, 9.17) is 4.74 Å². The van der Waals surface area contributed by atoms with Crippen LogP contribution in [0.2, 0.25) is 0 Å². The molecular weight excluding hydrogens is 468 g/mol. The summed E-state index contributed by atoms with van der Waals surface area (Å²) in [6.07, 6.45) is 2.69. The van der Waals surface area contributed by atoms with E-state index >= 15 is 0 Å². The molecular formula is C25H26N4O5S. The van der Waals surface area contributed by atoms with Gasteiger partial charge in [0, 0.05) is 42.5 Å². The lowest BCUT2D eigenvalue weighted by atomic mass is 9.96. The largest absolute Gasteiger partial charge is 0.467 e. The van der Waals surface area contributed by atoms with E-state index in [1.165, 1.54) is 23.5 Å². The summed E-state index contributed by atoms with van der Waals surface area (Å²) in [7, 11) is -2.57. The quantitative estimate of drug-likeness (QED) is 0.485. The molecule has 0 unspecified atom stereocenters. The number of sulfonamides is 1. The second-order valence-corrected chi connectivity index (χ2v) is 10.3. The van der Waals surface area contributed by atoms with Crippen molar-refractivity contribution in [2.75, 3.05) is 20.2 Å². The first-order chi connectivity index (χ1) is 16.8. The SMILES string of the molecule is COC(=O)[C@@H](Cc1c[nH]c2ccccc12)NC(=O)C1CCN(S(=O)(=O)c2ccccc2C#N)CC1. The topological polar surface area (TPSA) is 132 Å². The monoisotopic (exact) mass is 494 g/mol. The van der Waals surface area contributed by atoms with Crippen LogP contribution in [0.5, 0.6) is 0 Å². The number of para-hydroxylation sites is 1. The molecule has 2 aromatic carbocycles. The zero-order chi connectivity index (χ0) is 25.0. The molecule has 1 fully saturated rings. The third kappa shape index (κ3) is 5.06. The number of fused-ring (bicyclic) bond motifs is 1. The van der Waals surface area contributed by atoms with Crippen LogP contribution in [0.1, 0.15) is 24.0 Å².